The minimum Gasteiger partial charge on any atom is -0.389 e. The van der Waals surface area contributed by atoms with Crippen molar-refractivity contribution in [3.8, 4) is 0 Å². The normalized spacial score (nSPS) is 15.8. The summed E-state index contributed by atoms with van der Waals surface area (Å²) in [5.41, 5.74) is -1.00. The zero-order valence-electron chi connectivity index (χ0n) is 10.5. The van der Waals surface area contributed by atoms with Crippen molar-refractivity contribution in [1.82, 2.24) is 9.29 Å². The van der Waals surface area contributed by atoms with Crippen LogP contribution >= 0.6 is 0 Å². The second-order valence-corrected chi connectivity index (χ2v) is 6.35. The lowest BCUT2D eigenvalue weighted by atomic mass is 10.0. The van der Waals surface area contributed by atoms with E-state index in [1.54, 1.807) is 24.7 Å². The van der Waals surface area contributed by atoms with Gasteiger partial charge in [0.1, 0.15) is 0 Å². The molecule has 0 aromatic carbocycles. The summed E-state index contributed by atoms with van der Waals surface area (Å²) in [6.45, 7) is 3.60. The number of nitrogens with one attached hydrogen (secondary N) is 1. The van der Waals surface area contributed by atoms with E-state index in [9.17, 15) is 13.5 Å². The number of hydrogen-bond acceptors (Lipinski definition) is 3. The lowest BCUT2D eigenvalue weighted by Crippen LogP contribution is -2.40. The summed E-state index contributed by atoms with van der Waals surface area (Å²) in [6, 6.07) is 1.52. The molecule has 0 saturated carbocycles. The lowest BCUT2D eigenvalue weighted by Gasteiger charge is -2.22. The number of aromatic nitrogens is 1. The summed E-state index contributed by atoms with van der Waals surface area (Å²) in [5.74, 6) is 0. The molecule has 1 atom stereocenters. The number of nitrogens with zero attached hydrogens (tertiary/aromatic N) is 1. The van der Waals surface area contributed by atoms with Crippen LogP contribution in [0.2, 0.25) is 0 Å². The van der Waals surface area contributed by atoms with Gasteiger partial charge in [-0.2, -0.15) is 0 Å². The maximum Gasteiger partial charge on any atom is 0.242 e. The Morgan fingerprint density at radius 1 is 1.53 bits per heavy atom. The van der Waals surface area contributed by atoms with E-state index >= 15 is 0 Å². The highest BCUT2D eigenvalue weighted by molar-refractivity contribution is 7.89. The van der Waals surface area contributed by atoms with Crippen molar-refractivity contribution in [2.45, 2.75) is 37.2 Å². The maximum atomic E-state index is 11.9. The van der Waals surface area contributed by atoms with Gasteiger partial charge in [0, 0.05) is 26.0 Å². The molecule has 0 aliphatic heterocycles. The van der Waals surface area contributed by atoms with Crippen molar-refractivity contribution in [2.24, 2.45) is 7.05 Å². The van der Waals surface area contributed by atoms with Crippen molar-refractivity contribution in [1.29, 1.82) is 0 Å². The fourth-order valence-corrected chi connectivity index (χ4v) is 2.81. The zero-order chi connectivity index (χ0) is 13.1. The van der Waals surface area contributed by atoms with Crippen LogP contribution in [0, 0.1) is 0 Å². The zero-order valence-corrected chi connectivity index (χ0v) is 11.3. The molecule has 0 spiro atoms. The molecule has 98 valence electrons. The summed E-state index contributed by atoms with van der Waals surface area (Å²) in [5, 5.41) is 9.90. The van der Waals surface area contributed by atoms with Gasteiger partial charge in [-0.05, 0) is 19.4 Å². The van der Waals surface area contributed by atoms with Gasteiger partial charge in [-0.3, -0.25) is 0 Å². The van der Waals surface area contributed by atoms with Crippen LogP contribution in [0.5, 0.6) is 0 Å². The lowest BCUT2D eigenvalue weighted by molar-refractivity contribution is 0.0554. The van der Waals surface area contributed by atoms with Crippen LogP contribution < -0.4 is 4.72 Å². The van der Waals surface area contributed by atoms with E-state index in [-0.39, 0.29) is 11.4 Å². The van der Waals surface area contributed by atoms with Crippen LogP contribution in [0.15, 0.2) is 23.4 Å². The van der Waals surface area contributed by atoms with Crippen molar-refractivity contribution in [3.05, 3.63) is 18.5 Å². The van der Waals surface area contributed by atoms with E-state index in [0.717, 1.165) is 6.42 Å². The molecule has 1 aromatic heterocycles. The molecule has 1 heterocycles. The van der Waals surface area contributed by atoms with Crippen molar-refractivity contribution >= 4 is 10.0 Å². The molecule has 5 nitrogen and oxygen atoms in total. The number of aryl methyl sites for hydroxylation is 1. The van der Waals surface area contributed by atoms with Gasteiger partial charge in [0.05, 0.1) is 10.5 Å². The average molecular weight is 260 g/mol. The smallest absolute Gasteiger partial charge is 0.242 e. The molecule has 0 aliphatic carbocycles. The van der Waals surface area contributed by atoms with Crippen molar-refractivity contribution in [3.63, 3.8) is 0 Å². The van der Waals surface area contributed by atoms with E-state index in [2.05, 4.69) is 4.72 Å². The van der Waals surface area contributed by atoms with Crippen LogP contribution in [0.4, 0.5) is 0 Å². The molecule has 0 bridgehead atoms. The van der Waals surface area contributed by atoms with E-state index in [1.807, 2.05) is 6.92 Å². The van der Waals surface area contributed by atoms with E-state index in [4.69, 9.17) is 0 Å². The molecule has 0 saturated heterocycles. The first kappa shape index (κ1) is 14.2. The highest BCUT2D eigenvalue weighted by Gasteiger charge is 2.23. The molecule has 1 unspecified atom stereocenters. The van der Waals surface area contributed by atoms with E-state index < -0.39 is 15.6 Å². The van der Waals surface area contributed by atoms with Crippen molar-refractivity contribution in [2.75, 3.05) is 6.54 Å². The van der Waals surface area contributed by atoms with Gasteiger partial charge < -0.3 is 9.67 Å². The molecule has 0 fully saturated rings. The Hall–Kier alpha value is -0.850. The molecule has 1 aromatic rings. The molecule has 0 amide bonds. The largest absolute Gasteiger partial charge is 0.389 e. The Morgan fingerprint density at radius 2 is 2.18 bits per heavy atom. The second kappa shape index (κ2) is 5.20. The third-order valence-corrected chi connectivity index (χ3v) is 3.93. The molecule has 1 rings (SSSR count). The fraction of sp³-hybridized carbons (Fsp3) is 0.636. The van der Waals surface area contributed by atoms with Crippen molar-refractivity contribution < 1.29 is 13.5 Å². The molecule has 0 radical (unpaired) electrons. The first-order valence-electron chi connectivity index (χ1n) is 5.61. The predicted octanol–water partition coefficient (Wildman–Crippen LogP) is 0.855. The number of aliphatic hydroxyl groups is 1. The number of hydrogen-bond donors (Lipinski definition) is 2. The van der Waals surface area contributed by atoms with Gasteiger partial charge in [0.2, 0.25) is 10.0 Å². The quantitative estimate of drug-likeness (QED) is 0.796. The van der Waals surface area contributed by atoms with Crippen LogP contribution in [0.1, 0.15) is 26.7 Å². The van der Waals surface area contributed by atoms with Crippen LogP contribution in [-0.4, -0.2) is 30.2 Å². The first-order chi connectivity index (χ1) is 7.77. The average Bonchev–Trinajstić information content (AvgIpc) is 2.63. The monoisotopic (exact) mass is 260 g/mol. The van der Waals surface area contributed by atoms with Gasteiger partial charge in [-0.25, -0.2) is 13.1 Å². The molecule has 0 aliphatic rings. The Morgan fingerprint density at radius 3 is 2.65 bits per heavy atom. The van der Waals surface area contributed by atoms with Crippen LogP contribution in [-0.2, 0) is 17.1 Å². The third-order valence-electron chi connectivity index (χ3n) is 2.55. The van der Waals surface area contributed by atoms with E-state index in [1.165, 1.54) is 12.3 Å². The maximum absolute atomic E-state index is 11.9. The Bertz CT molecular complexity index is 463. The predicted molar refractivity (Wildman–Crippen MR) is 66.1 cm³/mol. The standard InChI is InChI=1S/C11H20N2O3S/c1-4-6-11(2,14)9-12-17(15,16)10-5-7-13(3)8-10/h5,7-8,12,14H,4,6,9H2,1-3H3. The molecule has 17 heavy (non-hydrogen) atoms. The Labute approximate surface area is 103 Å². The Kier molecular flexibility index (Phi) is 4.35. The summed E-state index contributed by atoms with van der Waals surface area (Å²) >= 11 is 0. The third kappa shape index (κ3) is 4.14. The SMILES string of the molecule is CCCC(C)(O)CNS(=O)(=O)c1ccn(C)c1. The summed E-state index contributed by atoms with van der Waals surface area (Å²) in [6.07, 6.45) is 4.56. The summed E-state index contributed by atoms with van der Waals surface area (Å²) in [4.78, 5) is 0.215. The summed E-state index contributed by atoms with van der Waals surface area (Å²) < 4.78 is 27.8. The summed E-state index contributed by atoms with van der Waals surface area (Å²) in [7, 11) is -1.77. The van der Waals surface area contributed by atoms with Gasteiger partial charge >= 0.3 is 0 Å². The Balaban J connectivity index is 2.69. The molecule has 2 N–H and O–H groups in total. The van der Waals surface area contributed by atoms with E-state index in [0.29, 0.717) is 6.42 Å². The highest BCUT2D eigenvalue weighted by Crippen LogP contribution is 2.13. The van der Waals surface area contributed by atoms with Gasteiger partial charge in [-0.15, -0.1) is 0 Å². The second-order valence-electron chi connectivity index (χ2n) is 4.58. The van der Waals surface area contributed by atoms with Gasteiger partial charge in [0.25, 0.3) is 0 Å². The minimum atomic E-state index is -3.52. The number of sulfonamides is 1. The first-order valence-corrected chi connectivity index (χ1v) is 7.09. The fourth-order valence-electron chi connectivity index (χ4n) is 1.60. The minimum absolute atomic E-state index is 0.0259. The number of rotatable bonds is 6. The topological polar surface area (TPSA) is 71.3 Å². The molecular weight excluding hydrogens is 240 g/mol. The highest BCUT2D eigenvalue weighted by atomic mass is 32.2. The van der Waals surface area contributed by atoms with Crippen LogP contribution in [0.3, 0.4) is 0 Å². The molecular formula is C11H20N2O3S. The van der Waals surface area contributed by atoms with Gasteiger partial charge in [0.15, 0.2) is 0 Å². The van der Waals surface area contributed by atoms with Crippen LogP contribution in [0.25, 0.3) is 0 Å². The molecule has 6 heteroatoms. The van der Waals surface area contributed by atoms with Gasteiger partial charge in [-0.1, -0.05) is 13.3 Å².